The van der Waals surface area contributed by atoms with Gasteiger partial charge in [-0.05, 0) is 22.0 Å². The highest BCUT2D eigenvalue weighted by Gasteiger charge is 2.28. The minimum absolute atomic E-state index is 0. The first-order chi connectivity index (χ1) is 6.49. The van der Waals surface area contributed by atoms with E-state index in [0.717, 1.165) is 10.2 Å². The molecular weight excluding hydrogens is 279 g/mol. The molecule has 0 aliphatic carbocycles. The molecular formula is C10H16BrClN2O. The molecule has 0 aliphatic heterocycles. The van der Waals surface area contributed by atoms with E-state index in [1.807, 2.05) is 26.0 Å². The van der Waals surface area contributed by atoms with Crippen molar-refractivity contribution in [2.24, 2.45) is 11.1 Å². The first-order valence-electron chi connectivity index (χ1n) is 4.46. The Kier molecular flexibility index (Phi) is 5.73. The largest absolute Gasteiger partial charge is 0.396 e. The van der Waals surface area contributed by atoms with Crippen molar-refractivity contribution < 1.29 is 5.11 Å². The zero-order chi connectivity index (χ0) is 10.8. The summed E-state index contributed by atoms with van der Waals surface area (Å²) in [6, 6.07) is 3.53. The normalized spacial score (nSPS) is 13.1. The fourth-order valence-corrected chi connectivity index (χ4v) is 1.65. The van der Waals surface area contributed by atoms with Gasteiger partial charge in [-0.1, -0.05) is 19.9 Å². The van der Waals surface area contributed by atoms with Gasteiger partial charge in [-0.3, -0.25) is 0 Å². The number of nitrogens with zero attached hydrogens (tertiary/aromatic N) is 1. The Morgan fingerprint density at radius 2 is 2.20 bits per heavy atom. The van der Waals surface area contributed by atoms with Crippen LogP contribution in [0.15, 0.2) is 22.9 Å². The molecule has 0 aromatic carbocycles. The molecule has 0 saturated heterocycles. The molecule has 0 radical (unpaired) electrons. The van der Waals surface area contributed by atoms with Crippen LogP contribution in [0.3, 0.4) is 0 Å². The number of pyridine rings is 1. The van der Waals surface area contributed by atoms with Crippen molar-refractivity contribution in [3.63, 3.8) is 0 Å². The van der Waals surface area contributed by atoms with Crippen molar-refractivity contribution in [2.75, 3.05) is 6.61 Å². The van der Waals surface area contributed by atoms with Gasteiger partial charge in [0.1, 0.15) is 4.60 Å². The number of hydrogen-bond acceptors (Lipinski definition) is 3. The van der Waals surface area contributed by atoms with Crippen molar-refractivity contribution in [3.8, 4) is 0 Å². The predicted octanol–water partition coefficient (Wildman–Crippen LogP) is 2.28. The minimum atomic E-state index is -0.342. The van der Waals surface area contributed by atoms with Crippen LogP contribution in [-0.4, -0.2) is 16.7 Å². The maximum Gasteiger partial charge on any atom is 0.110 e. The van der Waals surface area contributed by atoms with Crippen molar-refractivity contribution in [2.45, 2.75) is 19.9 Å². The monoisotopic (exact) mass is 294 g/mol. The van der Waals surface area contributed by atoms with Gasteiger partial charge in [0.25, 0.3) is 0 Å². The molecule has 1 atom stereocenters. The van der Waals surface area contributed by atoms with Crippen LogP contribution in [-0.2, 0) is 0 Å². The third kappa shape index (κ3) is 3.41. The lowest BCUT2D eigenvalue weighted by molar-refractivity contribution is 0.132. The number of hydrogen-bond donors (Lipinski definition) is 2. The summed E-state index contributed by atoms with van der Waals surface area (Å²) in [5, 5.41) is 9.20. The molecule has 1 rings (SSSR count). The van der Waals surface area contributed by atoms with E-state index in [1.165, 1.54) is 0 Å². The fraction of sp³-hybridized carbons (Fsp3) is 0.500. The van der Waals surface area contributed by atoms with Crippen LogP contribution in [0.4, 0.5) is 0 Å². The van der Waals surface area contributed by atoms with Crippen LogP contribution in [0.2, 0.25) is 0 Å². The van der Waals surface area contributed by atoms with Gasteiger partial charge in [0, 0.05) is 29.8 Å². The van der Waals surface area contributed by atoms with Gasteiger partial charge in [-0.15, -0.1) is 12.4 Å². The highest BCUT2D eigenvalue weighted by Crippen LogP contribution is 2.33. The van der Waals surface area contributed by atoms with Crippen molar-refractivity contribution in [3.05, 3.63) is 28.5 Å². The van der Waals surface area contributed by atoms with Gasteiger partial charge in [0.2, 0.25) is 0 Å². The standard InChI is InChI=1S/C10H15BrN2O.ClH/c1-10(2,6-14)8(12)7-4-3-5-13-9(7)11;/h3-5,8,14H,6,12H2,1-2H3;1H/t8-;/m0./s1. The Labute approximate surface area is 105 Å². The summed E-state index contributed by atoms with van der Waals surface area (Å²) in [5.41, 5.74) is 6.64. The summed E-state index contributed by atoms with van der Waals surface area (Å²) in [6.07, 6.45) is 1.70. The lowest BCUT2D eigenvalue weighted by atomic mass is 9.82. The Balaban J connectivity index is 0.00000196. The van der Waals surface area contributed by atoms with Crippen LogP contribution in [0.1, 0.15) is 25.5 Å². The van der Waals surface area contributed by atoms with Gasteiger partial charge in [-0.25, -0.2) is 4.98 Å². The van der Waals surface area contributed by atoms with E-state index < -0.39 is 0 Å². The van der Waals surface area contributed by atoms with E-state index in [4.69, 9.17) is 5.73 Å². The molecule has 15 heavy (non-hydrogen) atoms. The number of rotatable bonds is 3. The minimum Gasteiger partial charge on any atom is -0.396 e. The molecule has 5 heteroatoms. The summed E-state index contributed by atoms with van der Waals surface area (Å²) in [6.45, 7) is 3.91. The highest BCUT2D eigenvalue weighted by atomic mass is 79.9. The van der Waals surface area contributed by atoms with Crippen molar-refractivity contribution >= 4 is 28.3 Å². The zero-order valence-corrected chi connectivity index (χ0v) is 11.2. The van der Waals surface area contributed by atoms with Crippen LogP contribution in [0.5, 0.6) is 0 Å². The number of aliphatic hydroxyl groups is 1. The van der Waals surface area contributed by atoms with E-state index in [9.17, 15) is 5.11 Å². The van der Waals surface area contributed by atoms with E-state index in [0.29, 0.717) is 0 Å². The smallest absolute Gasteiger partial charge is 0.110 e. The average molecular weight is 296 g/mol. The summed E-state index contributed by atoms with van der Waals surface area (Å²) in [7, 11) is 0. The first-order valence-corrected chi connectivity index (χ1v) is 5.25. The number of halogens is 2. The first kappa shape index (κ1) is 14.8. The van der Waals surface area contributed by atoms with E-state index in [-0.39, 0.29) is 30.5 Å². The van der Waals surface area contributed by atoms with E-state index in [2.05, 4.69) is 20.9 Å². The molecule has 0 fully saturated rings. The summed E-state index contributed by atoms with van der Waals surface area (Å²) in [4.78, 5) is 4.10. The quantitative estimate of drug-likeness (QED) is 0.841. The molecule has 1 heterocycles. The third-order valence-electron chi connectivity index (χ3n) is 2.37. The molecule has 0 bridgehead atoms. The Bertz CT molecular complexity index is 320. The van der Waals surface area contributed by atoms with Gasteiger partial charge < -0.3 is 10.8 Å². The SMILES string of the molecule is CC(C)(CO)[C@@H](N)c1cccnc1Br.Cl. The van der Waals surface area contributed by atoms with Crippen LogP contribution >= 0.6 is 28.3 Å². The summed E-state index contributed by atoms with van der Waals surface area (Å²) >= 11 is 3.35. The van der Waals surface area contributed by atoms with E-state index in [1.54, 1.807) is 6.20 Å². The topological polar surface area (TPSA) is 59.1 Å². The van der Waals surface area contributed by atoms with Crippen molar-refractivity contribution in [1.29, 1.82) is 0 Å². The summed E-state index contributed by atoms with van der Waals surface area (Å²) < 4.78 is 0.744. The lowest BCUT2D eigenvalue weighted by Crippen LogP contribution is -2.32. The molecule has 3 N–H and O–H groups in total. The third-order valence-corrected chi connectivity index (χ3v) is 3.04. The van der Waals surface area contributed by atoms with Gasteiger partial charge in [0.05, 0.1) is 0 Å². The molecule has 0 saturated carbocycles. The molecule has 1 aromatic rings. The number of nitrogens with two attached hydrogens (primary N) is 1. The molecule has 3 nitrogen and oxygen atoms in total. The average Bonchev–Trinajstić information content (AvgIpc) is 2.17. The maximum absolute atomic E-state index is 9.20. The molecule has 86 valence electrons. The summed E-state index contributed by atoms with van der Waals surface area (Å²) in [5.74, 6) is 0. The predicted molar refractivity (Wildman–Crippen MR) is 67.0 cm³/mol. The van der Waals surface area contributed by atoms with Crippen LogP contribution < -0.4 is 5.73 Å². The van der Waals surface area contributed by atoms with Crippen LogP contribution in [0, 0.1) is 5.41 Å². The highest BCUT2D eigenvalue weighted by molar-refractivity contribution is 9.10. The molecule has 0 aliphatic rings. The van der Waals surface area contributed by atoms with E-state index >= 15 is 0 Å². The number of aromatic nitrogens is 1. The van der Waals surface area contributed by atoms with Crippen LogP contribution in [0.25, 0.3) is 0 Å². The molecule has 0 unspecified atom stereocenters. The molecule has 0 spiro atoms. The Hall–Kier alpha value is -0.160. The Morgan fingerprint density at radius 3 is 2.67 bits per heavy atom. The lowest BCUT2D eigenvalue weighted by Gasteiger charge is -2.29. The van der Waals surface area contributed by atoms with Gasteiger partial charge >= 0.3 is 0 Å². The van der Waals surface area contributed by atoms with Gasteiger partial charge in [-0.2, -0.15) is 0 Å². The molecule has 1 aromatic heterocycles. The number of aliphatic hydroxyl groups excluding tert-OH is 1. The second kappa shape index (κ2) is 5.80. The molecule has 0 amide bonds. The van der Waals surface area contributed by atoms with Gasteiger partial charge in [0.15, 0.2) is 0 Å². The fourth-order valence-electron chi connectivity index (χ4n) is 1.15. The Morgan fingerprint density at radius 1 is 1.60 bits per heavy atom. The maximum atomic E-state index is 9.20. The zero-order valence-electron chi connectivity index (χ0n) is 8.77. The second-order valence-corrected chi connectivity index (χ2v) is 4.76. The second-order valence-electron chi connectivity index (χ2n) is 4.01. The van der Waals surface area contributed by atoms with Crippen molar-refractivity contribution in [1.82, 2.24) is 4.98 Å².